The highest BCUT2D eigenvalue weighted by Gasteiger charge is 2.21. The van der Waals surface area contributed by atoms with Gasteiger partial charge in [-0.25, -0.2) is 0 Å². The highest BCUT2D eigenvalue weighted by atomic mass is 32.1. The maximum atomic E-state index is 12.3. The van der Waals surface area contributed by atoms with Crippen molar-refractivity contribution < 1.29 is 9.53 Å². The molecule has 2 aromatic rings. The van der Waals surface area contributed by atoms with Crippen molar-refractivity contribution in [2.45, 2.75) is 6.42 Å². The lowest BCUT2D eigenvalue weighted by Gasteiger charge is -2.36. The molecule has 1 aromatic heterocycles. The standard InChI is InChI=1S/C17H20N2O2S/c1-21-16-4-2-3-15(12-16)18-6-8-19(9-7-18)17(20)11-14-5-10-22-13-14/h2-5,10,12-13H,6-9,11H2,1H3. The highest BCUT2D eigenvalue weighted by Crippen LogP contribution is 2.22. The Balaban J connectivity index is 1.56. The number of ether oxygens (including phenoxy) is 1. The quantitative estimate of drug-likeness (QED) is 0.869. The lowest BCUT2D eigenvalue weighted by Crippen LogP contribution is -2.49. The van der Waals surface area contributed by atoms with Crippen LogP contribution in [0.4, 0.5) is 5.69 Å². The number of methoxy groups -OCH3 is 1. The van der Waals surface area contributed by atoms with Gasteiger partial charge in [-0.05, 0) is 34.5 Å². The Morgan fingerprint density at radius 1 is 1.23 bits per heavy atom. The van der Waals surface area contributed by atoms with E-state index in [0.717, 1.165) is 43.2 Å². The number of carbonyl (C=O) groups excluding carboxylic acids is 1. The van der Waals surface area contributed by atoms with Gasteiger partial charge in [0.2, 0.25) is 5.91 Å². The van der Waals surface area contributed by atoms with E-state index in [1.54, 1.807) is 18.4 Å². The Morgan fingerprint density at radius 2 is 2.05 bits per heavy atom. The third-order valence-corrected chi connectivity index (χ3v) is 4.72. The number of benzene rings is 1. The number of amides is 1. The molecule has 0 saturated carbocycles. The molecule has 0 aliphatic carbocycles. The van der Waals surface area contributed by atoms with Gasteiger partial charge in [0, 0.05) is 37.9 Å². The maximum absolute atomic E-state index is 12.3. The third kappa shape index (κ3) is 3.42. The molecule has 5 heteroatoms. The number of hydrogen-bond donors (Lipinski definition) is 0. The van der Waals surface area contributed by atoms with E-state index in [0.29, 0.717) is 6.42 Å². The van der Waals surface area contributed by atoms with Crippen LogP contribution in [0.15, 0.2) is 41.1 Å². The topological polar surface area (TPSA) is 32.8 Å². The molecule has 0 unspecified atom stereocenters. The van der Waals surface area contributed by atoms with Crippen LogP contribution in [0.1, 0.15) is 5.56 Å². The molecule has 116 valence electrons. The second-order valence-electron chi connectivity index (χ2n) is 5.38. The molecule has 1 aliphatic rings. The molecule has 1 amide bonds. The van der Waals surface area contributed by atoms with Crippen LogP contribution in [0.5, 0.6) is 5.75 Å². The summed E-state index contributed by atoms with van der Waals surface area (Å²) in [5.74, 6) is 1.09. The van der Waals surface area contributed by atoms with Crippen molar-refractivity contribution in [2.75, 3.05) is 38.2 Å². The molecule has 3 rings (SSSR count). The Labute approximate surface area is 134 Å². The average Bonchev–Trinajstić information content (AvgIpc) is 3.08. The third-order valence-electron chi connectivity index (χ3n) is 3.99. The average molecular weight is 316 g/mol. The van der Waals surface area contributed by atoms with E-state index in [2.05, 4.69) is 11.0 Å². The number of rotatable bonds is 4. The molecule has 0 atom stereocenters. The van der Waals surface area contributed by atoms with Gasteiger partial charge in [0.05, 0.1) is 13.5 Å². The molecule has 0 bridgehead atoms. The van der Waals surface area contributed by atoms with E-state index in [9.17, 15) is 4.79 Å². The van der Waals surface area contributed by atoms with Gasteiger partial charge in [-0.3, -0.25) is 4.79 Å². The summed E-state index contributed by atoms with van der Waals surface area (Å²) in [6.45, 7) is 3.28. The van der Waals surface area contributed by atoms with Gasteiger partial charge in [0.1, 0.15) is 5.75 Å². The molecular weight excluding hydrogens is 296 g/mol. The van der Waals surface area contributed by atoms with Gasteiger partial charge < -0.3 is 14.5 Å². The van der Waals surface area contributed by atoms with Crippen molar-refractivity contribution in [1.29, 1.82) is 0 Å². The number of hydrogen-bond acceptors (Lipinski definition) is 4. The van der Waals surface area contributed by atoms with Crippen LogP contribution < -0.4 is 9.64 Å². The molecule has 1 fully saturated rings. The fourth-order valence-electron chi connectivity index (χ4n) is 2.70. The van der Waals surface area contributed by atoms with Crippen LogP contribution in [-0.2, 0) is 11.2 Å². The van der Waals surface area contributed by atoms with Gasteiger partial charge in [-0.15, -0.1) is 0 Å². The summed E-state index contributed by atoms with van der Waals surface area (Å²) >= 11 is 1.64. The van der Waals surface area contributed by atoms with Crippen molar-refractivity contribution in [2.24, 2.45) is 0 Å². The number of anilines is 1. The smallest absolute Gasteiger partial charge is 0.227 e. The lowest BCUT2D eigenvalue weighted by atomic mass is 10.2. The molecule has 4 nitrogen and oxygen atoms in total. The second kappa shape index (κ2) is 6.83. The van der Waals surface area contributed by atoms with Crippen molar-refractivity contribution >= 4 is 22.9 Å². The van der Waals surface area contributed by atoms with E-state index in [1.165, 1.54) is 0 Å². The van der Waals surface area contributed by atoms with Gasteiger partial charge in [0.15, 0.2) is 0 Å². The van der Waals surface area contributed by atoms with Gasteiger partial charge >= 0.3 is 0 Å². The molecule has 0 spiro atoms. The Morgan fingerprint density at radius 3 is 2.73 bits per heavy atom. The van der Waals surface area contributed by atoms with Crippen molar-refractivity contribution in [3.05, 3.63) is 46.7 Å². The Hall–Kier alpha value is -2.01. The largest absolute Gasteiger partial charge is 0.497 e. The second-order valence-corrected chi connectivity index (χ2v) is 6.16. The predicted molar refractivity (Wildman–Crippen MR) is 89.8 cm³/mol. The van der Waals surface area contributed by atoms with Crippen LogP contribution in [0, 0.1) is 0 Å². The summed E-state index contributed by atoms with van der Waals surface area (Å²) in [6, 6.07) is 10.1. The molecular formula is C17H20N2O2S. The monoisotopic (exact) mass is 316 g/mol. The molecule has 22 heavy (non-hydrogen) atoms. The molecule has 1 saturated heterocycles. The van der Waals surface area contributed by atoms with Crippen molar-refractivity contribution in [3.63, 3.8) is 0 Å². The fourth-order valence-corrected chi connectivity index (χ4v) is 3.37. The summed E-state index contributed by atoms with van der Waals surface area (Å²) < 4.78 is 5.27. The van der Waals surface area contributed by atoms with Crippen LogP contribution in [0.2, 0.25) is 0 Å². The minimum absolute atomic E-state index is 0.226. The SMILES string of the molecule is COc1cccc(N2CCN(C(=O)Cc3ccsc3)CC2)c1. The van der Waals surface area contributed by atoms with E-state index in [-0.39, 0.29) is 5.91 Å². The predicted octanol–water partition coefficient (Wildman–Crippen LogP) is 2.65. The van der Waals surface area contributed by atoms with Crippen LogP contribution in [-0.4, -0.2) is 44.1 Å². The van der Waals surface area contributed by atoms with Crippen molar-refractivity contribution in [3.8, 4) is 5.75 Å². The van der Waals surface area contributed by atoms with Gasteiger partial charge in [-0.1, -0.05) is 6.07 Å². The zero-order valence-electron chi connectivity index (χ0n) is 12.7. The van der Waals surface area contributed by atoms with E-state index in [4.69, 9.17) is 4.74 Å². The van der Waals surface area contributed by atoms with Gasteiger partial charge in [-0.2, -0.15) is 11.3 Å². The number of piperazine rings is 1. The first-order valence-corrected chi connectivity index (χ1v) is 8.38. The number of carbonyl (C=O) groups is 1. The lowest BCUT2D eigenvalue weighted by molar-refractivity contribution is -0.130. The number of thiophene rings is 1. The first-order chi connectivity index (χ1) is 10.8. The Kier molecular flexibility index (Phi) is 4.63. The minimum atomic E-state index is 0.226. The summed E-state index contributed by atoms with van der Waals surface area (Å²) in [7, 11) is 1.68. The van der Waals surface area contributed by atoms with E-state index >= 15 is 0 Å². The summed E-state index contributed by atoms with van der Waals surface area (Å²) in [6.07, 6.45) is 0.517. The summed E-state index contributed by atoms with van der Waals surface area (Å²) in [5.41, 5.74) is 2.27. The normalized spacial score (nSPS) is 15.0. The zero-order chi connectivity index (χ0) is 15.4. The minimum Gasteiger partial charge on any atom is -0.497 e. The van der Waals surface area contributed by atoms with E-state index < -0.39 is 0 Å². The van der Waals surface area contributed by atoms with E-state index in [1.807, 2.05) is 39.9 Å². The fraction of sp³-hybridized carbons (Fsp3) is 0.353. The first-order valence-electron chi connectivity index (χ1n) is 7.44. The van der Waals surface area contributed by atoms with Crippen LogP contribution in [0.3, 0.4) is 0 Å². The van der Waals surface area contributed by atoms with Crippen molar-refractivity contribution in [1.82, 2.24) is 4.90 Å². The molecule has 2 heterocycles. The number of nitrogens with zero attached hydrogens (tertiary/aromatic N) is 2. The van der Waals surface area contributed by atoms with Crippen LogP contribution >= 0.6 is 11.3 Å². The summed E-state index contributed by atoms with van der Waals surface area (Å²) in [5, 5.41) is 4.06. The summed E-state index contributed by atoms with van der Waals surface area (Å²) in [4.78, 5) is 16.6. The molecule has 0 N–H and O–H groups in total. The molecule has 0 radical (unpaired) electrons. The van der Waals surface area contributed by atoms with Gasteiger partial charge in [0.25, 0.3) is 0 Å². The molecule has 1 aliphatic heterocycles. The highest BCUT2D eigenvalue weighted by molar-refractivity contribution is 7.07. The Bertz CT molecular complexity index is 619. The maximum Gasteiger partial charge on any atom is 0.227 e. The molecule has 1 aromatic carbocycles. The zero-order valence-corrected chi connectivity index (χ0v) is 13.5. The van der Waals surface area contributed by atoms with Crippen LogP contribution in [0.25, 0.3) is 0 Å². The first kappa shape index (κ1) is 14.9.